The van der Waals surface area contributed by atoms with Crippen molar-refractivity contribution in [2.24, 2.45) is 0 Å². The van der Waals surface area contributed by atoms with Gasteiger partial charge in [-0.2, -0.15) is 0 Å². The van der Waals surface area contributed by atoms with E-state index in [4.69, 9.17) is 0 Å². The molecule has 0 atom stereocenters. The number of aryl methyl sites for hydroxylation is 1. The van der Waals surface area contributed by atoms with Gasteiger partial charge in [0.15, 0.2) is 0 Å². The minimum absolute atomic E-state index is 1.25. The molecule has 0 heterocycles. The Hall–Kier alpha value is -3.12. The van der Waals surface area contributed by atoms with Gasteiger partial charge in [0.05, 0.1) is 0 Å². The van der Waals surface area contributed by atoms with Crippen LogP contribution >= 0.6 is 0 Å². The van der Waals surface area contributed by atoms with Gasteiger partial charge in [-0.3, -0.25) is 0 Å². The van der Waals surface area contributed by atoms with Gasteiger partial charge in [0.25, 0.3) is 0 Å². The summed E-state index contributed by atoms with van der Waals surface area (Å²) in [7, 11) is 0. The number of hydrogen-bond donors (Lipinski definition) is 0. The molecule has 0 heteroatoms. The number of benzene rings is 4. The molecule has 0 aromatic heterocycles. The van der Waals surface area contributed by atoms with Gasteiger partial charge in [0.1, 0.15) is 0 Å². The van der Waals surface area contributed by atoms with Crippen molar-refractivity contribution in [2.45, 2.75) is 6.92 Å². The van der Waals surface area contributed by atoms with Crippen LogP contribution in [-0.2, 0) is 0 Å². The Balaban J connectivity index is 1.71. The summed E-state index contributed by atoms with van der Waals surface area (Å²) in [6.45, 7) is 2.16. The van der Waals surface area contributed by atoms with Gasteiger partial charge < -0.3 is 0 Å². The molecule has 0 bridgehead atoms. The van der Waals surface area contributed by atoms with Crippen molar-refractivity contribution in [2.75, 3.05) is 0 Å². The molecule has 25 heavy (non-hydrogen) atoms. The van der Waals surface area contributed by atoms with Crippen LogP contribution in [0.4, 0.5) is 0 Å². The van der Waals surface area contributed by atoms with Crippen molar-refractivity contribution in [3.8, 4) is 33.4 Å². The highest BCUT2D eigenvalue weighted by Gasteiger charge is 2.04. The normalized spacial score (nSPS) is 10.6. The van der Waals surface area contributed by atoms with Gasteiger partial charge in [-0.1, -0.05) is 97.1 Å². The van der Waals surface area contributed by atoms with E-state index in [1.807, 2.05) is 0 Å². The average molecular weight is 320 g/mol. The van der Waals surface area contributed by atoms with E-state index in [9.17, 15) is 0 Å². The van der Waals surface area contributed by atoms with E-state index in [0.717, 1.165) is 0 Å². The molecule has 0 saturated carbocycles. The predicted octanol–water partition coefficient (Wildman–Crippen LogP) is 7.00. The van der Waals surface area contributed by atoms with Gasteiger partial charge in [0.2, 0.25) is 0 Å². The third kappa shape index (κ3) is 3.39. The van der Waals surface area contributed by atoms with Gasteiger partial charge in [-0.05, 0) is 51.9 Å². The first-order chi connectivity index (χ1) is 12.3. The van der Waals surface area contributed by atoms with E-state index in [-0.39, 0.29) is 0 Å². The first-order valence-electron chi connectivity index (χ1n) is 8.62. The maximum absolute atomic E-state index is 2.28. The lowest BCUT2D eigenvalue weighted by Crippen LogP contribution is -1.85. The number of hydrogen-bond acceptors (Lipinski definition) is 0. The summed E-state index contributed by atoms with van der Waals surface area (Å²) < 4.78 is 0. The fourth-order valence-electron chi connectivity index (χ4n) is 3.23. The zero-order valence-corrected chi connectivity index (χ0v) is 14.3. The molecule has 0 aliphatic heterocycles. The van der Waals surface area contributed by atoms with Crippen LogP contribution in [0.5, 0.6) is 0 Å². The molecule has 0 nitrogen and oxygen atoms in total. The smallest absolute Gasteiger partial charge is 0.0175 e. The molecule has 0 radical (unpaired) electrons. The van der Waals surface area contributed by atoms with Crippen molar-refractivity contribution in [1.29, 1.82) is 0 Å². The van der Waals surface area contributed by atoms with Gasteiger partial charge in [-0.25, -0.2) is 0 Å². The zero-order chi connectivity index (χ0) is 17.1. The Morgan fingerprint density at radius 1 is 0.360 bits per heavy atom. The minimum Gasteiger partial charge on any atom is -0.0622 e. The lowest BCUT2D eigenvalue weighted by Gasteiger charge is -2.09. The second-order valence-corrected chi connectivity index (χ2v) is 6.40. The molecule has 0 N–H and O–H groups in total. The van der Waals surface area contributed by atoms with E-state index >= 15 is 0 Å². The predicted molar refractivity (Wildman–Crippen MR) is 107 cm³/mol. The minimum atomic E-state index is 1.25. The molecular formula is C25H20. The summed E-state index contributed by atoms with van der Waals surface area (Å²) in [5, 5.41) is 0. The fraction of sp³-hybridized carbons (Fsp3) is 0.0400. The first-order valence-corrected chi connectivity index (χ1v) is 8.62. The Morgan fingerprint density at radius 2 is 0.720 bits per heavy atom. The Morgan fingerprint density at radius 3 is 1.20 bits per heavy atom. The van der Waals surface area contributed by atoms with Gasteiger partial charge in [0, 0.05) is 0 Å². The molecule has 4 aromatic carbocycles. The highest BCUT2D eigenvalue weighted by atomic mass is 14.1. The maximum atomic E-state index is 2.28. The second kappa shape index (κ2) is 6.78. The van der Waals surface area contributed by atoms with Crippen LogP contribution in [0, 0.1) is 6.92 Å². The molecular weight excluding hydrogens is 300 g/mol. The van der Waals surface area contributed by atoms with E-state index < -0.39 is 0 Å². The molecule has 0 fully saturated rings. The third-order valence-corrected chi connectivity index (χ3v) is 4.51. The van der Waals surface area contributed by atoms with Crippen LogP contribution in [0.15, 0.2) is 103 Å². The van der Waals surface area contributed by atoms with Gasteiger partial charge >= 0.3 is 0 Å². The summed E-state index contributed by atoms with van der Waals surface area (Å²) in [6.07, 6.45) is 0. The molecule has 4 aromatic rings. The lowest BCUT2D eigenvalue weighted by atomic mass is 9.95. The standard InChI is InChI=1S/C25H20/c1-19-16-24(21-10-6-3-7-11-21)18-25(17-19)23-14-12-22(13-15-23)20-8-4-2-5-9-20/h2-18H,1H3. The van der Waals surface area contributed by atoms with Crippen molar-refractivity contribution in [1.82, 2.24) is 0 Å². The van der Waals surface area contributed by atoms with Crippen LogP contribution in [-0.4, -0.2) is 0 Å². The van der Waals surface area contributed by atoms with Crippen LogP contribution in [0.25, 0.3) is 33.4 Å². The summed E-state index contributed by atoms with van der Waals surface area (Å²) in [5.41, 5.74) is 8.82. The fourth-order valence-corrected chi connectivity index (χ4v) is 3.23. The average Bonchev–Trinajstić information content (AvgIpc) is 2.69. The highest BCUT2D eigenvalue weighted by Crippen LogP contribution is 2.29. The van der Waals surface area contributed by atoms with E-state index in [1.54, 1.807) is 0 Å². The first kappa shape index (κ1) is 15.4. The summed E-state index contributed by atoms with van der Waals surface area (Å²) in [6, 6.07) is 36.7. The Kier molecular flexibility index (Phi) is 4.18. The van der Waals surface area contributed by atoms with Crippen LogP contribution < -0.4 is 0 Å². The van der Waals surface area contributed by atoms with Crippen molar-refractivity contribution < 1.29 is 0 Å². The van der Waals surface area contributed by atoms with Crippen LogP contribution in [0.3, 0.4) is 0 Å². The molecule has 4 rings (SSSR count). The summed E-state index contributed by atoms with van der Waals surface area (Å²) in [5.74, 6) is 0. The van der Waals surface area contributed by atoms with Crippen molar-refractivity contribution >= 4 is 0 Å². The lowest BCUT2D eigenvalue weighted by molar-refractivity contribution is 1.46. The zero-order valence-electron chi connectivity index (χ0n) is 14.3. The molecule has 0 aliphatic rings. The Bertz CT molecular complexity index is 965. The summed E-state index contributed by atoms with van der Waals surface area (Å²) in [4.78, 5) is 0. The molecule has 0 amide bonds. The quantitative estimate of drug-likeness (QED) is 0.381. The molecule has 0 saturated heterocycles. The van der Waals surface area contributed by atoms with Crippen molar-refractivity contribution in [3.05, 3.63) is 109 Å². The van der Waals surface area contributed by atoms with Gasteiger partial charge in [-0.15, -0.1) is 0 Å². The maximum Gasteiger partial charge on any atom is -0.0175 e. The monoisotopic (exact) mass is 320 g/mol. The largest absolute Gasteiger partial charge is 0.0622 e. The summed E-state index contributed by atoms with van der Waals surface area (Å²) >= 11 is 0. The highest BCUT2D eigenvalue weighted by molar-refractivity contribution is 5.76. The number of rotatable bonds is 3. The Labute approximate surface area is 149 Å². The van der Waals surface area contributed by atoms with Crippen LogP contribution in [0.2, 0.25) is 0 Å². The topological polar surface area (TPSA) is 0 Å². The van der Waals surface area contributed by atoms with E-state index in [1.165, 1.54) is 38.9 Å². The SMILES string of the molecule is Cc1cc(-c2ccccc2)cc(-c2ccc(-c3ccccc3)cc2)c1. The third-order valence-electron chi connectivity index (χ3n) is 4.51. The molecule has 0 spiro atoms. The molecule has 0 aliphatic carbocycles. The molecule has 120 valence electrons. The second-order valence-electron chi connectivity index (χ2n) is 6.40. The van der Waals surface area contributed by atoms with E-state index in [2.05, 4.69) is 110 Å². The van der Waals surface area contributed by atoms with E-state index in [0.29, 0.717) is 0 Å². The molecule has 0 unspecified atom stereocenters. The van der Waals surface area contributed by atoms with Crippen molar-refractivity contribution in [3.63, 3.8) is 0 Å². The van der Waals surface area contributed by atoms with Crippen LogP contribution in [0.1, 0.15) is 5.56 Å².